The summed E-state index contributed by atoms with van der Waals surface area (Å²) in [6.07, 6.45) is 1.20. The Morgan fingerprint density at radius 3 is 2.93 bits per heavy atom. The van der Waals surface area contributed by atoms with Crippen molar-refractivity contribution in [2.45, 2.75) is 26.3 Å². The van der Waals surface area contributed by atoms with Crippen molar-refractivity contribution in [3.8, 4) is 0 Å². The highest BCUT2D eigenvalue weighted by molar-refractivity contribution is 5.22. The Morgan fingerprint density at radius 1 is 1.53 bits per heavy atom. The van der Waals surface area contributed by atoms with Crippen molar-refractivity contribution in [3.63, 3.8) is 0 Å². The van der Waals surface area contributed by atoms with Gasteiger partial charge in [-0.25, -0.2) is 0 Å². The molecular weight excluding hydrogens is 188 g/mol. The molecule has 0 aromatic rings. The molecule has 2 fully saturated rings. The average molecular weight is 210 g/mol. The first-order chi connectivity index (χ1) is 7.31. The lowest BCUT2D eigenvalue weighted by atomic mass is 10.0. The van der Waals surface area contributed by atoms with Crippen molar-refractivity contribution in [3.05, 3.63) is 11.1 Å². The molecule has 3 heteroatoms. The van der Waals surface area contributed by atoms with Gasteiger partial charge in [0.25, 0.3) is 0 Å². The molecule has 0 aliphatic carbocycles. The van der Waals surface area contributed by atoms with Gasteiger partial charge in [-0.05, 0) is 18.9 Å². The Labute approximate surface area is 92.5 Å². The molecule has 1 unspecified atom stereocenters. The molecule has 1 N–H and O–H groups in total. The molecule has 0 radical (unpaired) electrons. The summed E-state index contributed by atoms with van der Waals surface area (Å²) in [6.45, 7) is 10.8. The highest BCUT2D eigenvalue weighted by Crippen LogP contribution is 2.15. The second-order valence-corrected chi connectivity index (χ2v) is 4.59. The number of hydrogen-bond donors (Lipinski definition) is 1. The van der Waals surface area contributed by atoms with Crippen LogP contribution < -0.4 is 5.32 Å². The predicted octanol–water partition coefficient (Wildman–Crippen LogP) is 1.02. The lowest BCUT2D eigenvalue weighted by molar-refractivity contribution is -0.00410. The van der Waals surface area contributed by atoms with Gasteiger partial charge >= 0.3 is 0 Å². The first-order valence-corrected chi connectivity index (χ1v) is 6.01. The van der Waals surface area contributed by atoms with Crippen molar-refractivity contribution in [1.82, 2.24) is 10.2 Å². The zero-order chi connectivity index (χ0) is 10.7. The number of rotatable bonds is 3. The molecule has 2 rings (SSSR count). The third kappa shape index (κ3) is 2.60. The maximum absolute atomic E-state index is 5.52. The fourth-order valence-electron chi connectivity index (χ4n) is 2.24. The molecule has 1 atom stereocenters. The van der Waals surface area contributed by atoms with Gasteiger partial charge in [0.1, 0.15) is 0 Å². The Hall–Kier alpha value is -0.380. The van der Waals surface area contributed by atoms with Crippen LogP contribution in [0.4, 0.5) is 0 Å². The molecule has 0 aromatic heterocycles. The van der Waals surface area contributed by atoms with Crippen LogP contribution in [0.5, 0.6) is 0 Å². The van der Waals surface area contributed by atoms with E-state index in [9.17, 15) is 0 Å². The summed E-state index contributed by atoms with van der Waals surface area (Å²) in [6, 6.07) is 0.627. The quantitative estimate of drug-likeness (QED) is 0.704. The standard InChI is InChI=1S/C12H22N2O/c1-3-12-9-15-5-4-14(12)8-10(2)11-6-13-7-11/h12-13H,3-9H2,1-2H3. The zero-order valence-electron chi connectivity index (χ0n) is 9.88. The summed E-state index contributed by atoms with van der Waals surface area (Å²) in [5.74, 6) is 0. The van der Waals surface area contributed by atoms with Gasteiger partial charge in [0.2, 0.25) is 0 Å². The Bertz CT molecular complexity index is 244. The minimum atomic E-state index is 0.627. The predicted molar refractivity (Wildman–Crippen MR) is 62.0 cm³/mol. The smallest absolute Gasteiger partial charge is 0.0622 e. The molecule has 2 saturated heterocycles. The molecular formula is C12H22N2O. The van der Waals surface area contributed by atoms with Crippen molar-refractivity contribution in [1.29, 1.82) is 0 Å². The molecule has 0 saturated carbocycles. The van der Waals surface area contributed by atoms with Crippen molar-refractivity contribution < 1.29 is 4.74 Å². The fourth-order valence-corrected chi connectivity index (χ4v) is 2.24. The van der Waals surface area contributed by atoms with Crippen LogP contribution >= 0.6 is 0 Å². The van der Waals surface area contributed by atoms with Crippen molar-refractivity contribution >= 4 is 0 Å². The molecule has 0 spiro atoms. The summed E-state index contributed by atoms with van der Waals surface area (Å²) < 4.78 is 5.52. The summed E-state index contributed by atoms with van der Waals surface area (Å²) in [4.78, 5) is 2.57. The van der Waals surface area contributed by atoms with E-state index in [4.69, 9.17) is 4.74 Å². The van der Waals surface area contributed by atoms with Crippen LogP contribution in [0.15, 0.2) is 11.1 Å². The minimum absolute atomic E-state index is 0.627. The van der Waals surface area contributed by atoms with E-state index in [1.54, 1.807) is 11.1 Å². The summed E-state index contributed by atoms with van der Waals surface area (Å²) in [5.41, 5.74) is 3.17. The van der Waals surface area contributed by atoms with Gasteiger partial charge in [0, 0.05) is 32.2 Å². The third-order valence-electron chi connectivity index (χ3n) is 3.54. The zero-order valence-corrected chi connectivity index (χ0v) is 9.88. The minimum Gasteiger partial charge on any atom is -0.378 e. The van der Waals surface area contributed by atoms with E-state index in [2.05, 4.69) is 24.1 Å². The van der Waals surface area contributed by atoms with Crippen molar-refractivity contribution in [2.75, 3.05) is 39.4 Å². The summed E-state index contributed by atoms with van der Waals surface area (Å²) >= 11 is 0. The molecule has 86 valence electrons. The molecule has 0 amide bonds. The maximum Gasteiger partial charge on any atom is 0.0622 e. The van der Waals surface area contributed by atoms with Crippen LogP contribution in [0.2, 0.25) is 0 Å². The van der Waals surface area contributed by atoms with Gasteiger partial charge in [0.15, 0.2) is 0 Å². The van der Waals surface area contributed by atoms with Gasteiger partial charge < -0.3 is 10.1 Å². The first-order valence-electron chi connectivity index (χ1n) is 6.01. The number of nitrogens with zero attached hydrogens (tertiary/aromatic N) is 1. The second kappa shape index (κ2) is 5.10. The molecule has 2 heterocycles. The van der Waals surface area contributed by atoms with Crippen LogP contribution in [0.25, 0.3) is 0 Å². The van der Waals surface area contributed by atoms with Crippen molar-refractivity contribution in [2.24, 2.45) is 0 Å². The van der Waals surface area contributed by atoms with E-state index >= 15 is 0 Å². The summed E-state index contributed by atoms with van der Waals surface area (Å²) in [7, 11) is 0. The Balaban J connectivity index is 1.91. The van der Waals surface area contributed by atoms with Gasteiger partial charge in [-0.1, -0.05) is 12.5 Å². The maximum atomic E-state index is 5.52. The Kier molecular flexibility index (Phi) is 3.78. The molecule has 0 aromatic carbocycles. The van der Waals surface area contributed by atoms with E-state index in [1.807, 2.05) is 0 Å². The molecule has 2 aliphatic rings. The highest BCUT2D eigenvalue weighted by Gasteiger charge is 2.22. The Morgan fingerprint density at radius 2 is 2.33 bits per heavy atom. The van der Waals surface area contributed by atoms with Gasteiger partial charge in [-0.15, -0.1) is 0 Å². The monoisotopic (exact) mass is 210 g/mol. The van der Waals surface area contributed by atoms with E-state index in [1.165, 1.54) is 6.42 Å². The normalized spacial score (nSPS) is 27.6. The SMILES string of the molecule is CCC1COCCN1CC(C)=C1CNC1. The molecule has 2 aliphatic heterocycles. The van der Waals surface area contributed by atoms with E-state index in [0.29, 0.717) is 6.04 Å². The number of ether oxygens (including phenoxy) is 1. The van der Waals surface area contributed by atoms with Crippen LogP contribution in [0.3, 0.4) is 0 Å². The fraction of sp³-hybridized carbons (Fsp3) is 0.833. The van der Waals surface area contributed by atoms with E-state index in [-0.39, 0.29) is 0 Å². The highest BCUT2D eigenvalue weighted by atomic mass is 16.5. The van der Waals surface area contributed by atoms with Crippen LogP contribution in [0.1, 0.15) is 20.3 Å². The lowest BCUT2D eigenvalue weighted by Gasteiger charge is -2.36. The van der Waals surface area contributed by atoms with Crippen LogP contribution in [0, 0.1) is 0 Å². The lowest BCUT2D eigenvalue weighted by Crippen LogP contribution is -2.46. The molecule has 15 heavy (non-hydrogen) atoms. The number of morpholine rings is 1. The van der Waals surface area contributed by atoms with E-state index in [0.717, 1.165) is 39.4 Å². The first kappa shape index (κ1) is 11.1. The largest absolute Gasteiger partial charge is 0.378 e. The average Bonchev–Trinajstić information content (AvgIpc) is 2.15. The third-order valence-corrected chi connectivity index (χ3v) is 3.54. The van der Waals surface area contributed by atoms with Crippen LogP contribution in [-0.2, 0) is 4.74 Å². The molecule has 0 bridgehead atoms. The summed E-state index contributed by atoms with van der Waals surface area (Å²) in [5, 5.41) is 3.30. The van der Waals surface area contributed by atoms with Gasteiger partial charge in [0.05, 0.1) is 13.2 Å². The molecule has 3 nitrogen and oxygen atoms in total. The van der Waals surface area contributed by atoms with Crippen LogP contribution in [-0.4, -0.2) is 50.3 Å². The van der Waals surface area contributed by atoms with Gasteiger partial charge in [-0.3, -0.25) is 4.90 Å². The second-order valence-electron chi connectivity index (χ2n) is 4.59. The van der Waals surface area contributed by atoms with E-state index < -0.39 is 0 Å². The topological polar surface area (TPSA) is 24.5 Å². The number of hydrogen-bond acceptors (Lipinski definition) is 3. The number of nitrogens with one attached hydrogen (secondary N) is 1. The van der Waals surface area contributed by atoms with Gasteiger partial charge in [-0.2, -0.15) is 0 Å².